The molecule has 2 nitrogen and oxygen atoms in total. The third kappa shape index (κ3) is 4.94. The minimum Gasteiger partial charge on any atom is -0.237 e. The number of nitrogens with zero attached hydrogens (tertiary/aromatic N) is 2. The molecule has 2 aliphatic rings. The second kappa shape index (κ2) is 12.2. The molecular formula is C52H36N2Si. The maximum absolute atomic E-state index is 5.48. The Labute approximate surface area is 322 Å². The minimum absolute atomic E-state index is 0.775. The Bertz CT molecular complexity index is 2990. The molecule has 0 fully saturated rings. The average molecular weight is 717 g/mol. The summed E-state index contributed by atoms with van der Waals surface area (Å²) in [6, 6.07) is 66.2. The number of hydrogen-bond acceptors (Lipinski definition) is 2. The Hall–Kier alpha value is -6.68. The van der Waals surface area contributed by atoms with Gasteiger partial charge in [0.05, 0.1) is 5.69 Å². The molecular weight excluding hydrogens is 681 g/mol. The summed E-state index contributed by atoms with van der Waals surface area (Å²) in [6.07, 6.45) is 0. The van der Waals surface area contributed by atoms with Gasteiger partial charge < -0.3 is 0 Å². The molecule has 9 aromatic rings. The van der Waals surface area contributed by atoms with E-state index in [1.54, 1.807) is 0 Å². The van der Waals surface area contributed by atoms with Gasteiger partial charge in [0.25, 0.3) is 0 Å². The fraction of sp³-hybridized carbons (Fsp3) is 0.0385. The SMILES string of the molecule is C[Si]1(C)c2ccccc2-c2c(-c3cccc(-c4ccccc4)c3)nc(-c3cccc(-c4cccc(-c5ccc6c7c(cccc57)-c5ccccc5-6)c4)c3)nc21. The zero-order valence-electron chi connectivity index (χ0n) is 30.7. The second-order valence-corrected chi connectivity index (χ2v) is 19.6. The van der Waals surface area contributed by atoms with Gasteiger partial charge in [0.1, 0.15) is 8.07 Å². The number of fused-ring (bicyclic) bond motifs is 6. The molecule has 0 spiro atoms. The van der Waals surface area contributed by atoms with Crippen molar-refractivity contribution in [3.05, 3.63) is 182 Å². The van der Waals surface area contributed by atoms with E-state index in [9.17, 15) is 0 Å². The van der Waals surface area contributed by atoms with Gasteiger partial charge in [-0.25, -0.2) is 9.97 Å². The third-order valence-corrected chi connectivity index (χ3v) is 15.1. The van der Waals surface area contributed by atoms with E-state index in [0.717, 1.165) is 28.2 Å². The molecule has 3 heteroatoms. The summed E-state index contributed by atoms with van der Waals surface area (Å²) in [5.41, 5.74) is 18.1. The largest absolute Gasteiger partial charge is 0.237 e. The monoisotopic (exact) mass is 716 g/mol. The smallest absolute Gasteiger partial charge is 0.159 e. The van der Waals surface area contributed by atoms with E-state index in [-0.39, 0.29) is 0 Å². The van der Waals surface area contributed by atoms with Gasteiger partial charge in [-0.1, -0.05) is 177 Å². The summed E-state index contributed by atoms with van der Waals surface area (Å²) in [4.78, 5) is 11.0. The molecule has 258 valence electrons. The van der Waals surface area contributed by atoms with Crippen molar-refractivity contribution < 1.29 is 0 Å². The molecule has 1 aromatic heterocycles. The molecule has 8 aromatic carbocycles. The van der Waals surface area contributed by atoms with Gasteiger partial charge in [0.2, 0.25) is 0 Å². The number of aromatic nitrogens is 2. The van der Waals surface area contributed by atoms with Gasteiger partial charge in [0.15, 0.2) is 5.82 Å². The van der Waals surface area contributed by atoms with E-state index in [4.69, 9.17) is 9.97 Å². The van der Waals surface area contributed by atoms with Crippen LogP contribution in [0, 0.1) is 0 Å². The molecule has 0 N–H and O–H groups in total. The van der Waals surface area contributed by atoms with Crippen molar-refractivity contribution in [2.45, 2.75) is 13.1 Å². The standard InChI is InChI=1S/C52H36N2Si/c1-55(2)47-27-9-8-24-46(47)49-50(38-20-11-16-34(31-38)33-14-4-3-5-15-33)53-51(54-52(49)55)39-21-12-18-36(32-39)35-17-10-19-37(30-35)40-28-29-45-42-23-7-6-22-41(42)44-26-13-25-43(40)48(44)45/h3-32H,1-2H3. The van der Waals surface area contributed by atoms with Crippen LogP contribution in [-0.2, 0) is 0 Å². The van der Waals surface area contributed by atoms with Crippen LogP contribution in [-0.4, -0.2) is 18.0 Å². The summed E-state index contributed by atoms with van der Waals surface area (Å²) in [7, 11) is -2.11. The Morgan fingerprint density at radius 1 is 0.364 bits per heavy atom. The molecule has 0 saturated carbocycles. The van der Waals surface area contributed by atoms with Gasteiger partial charge in [-0.2, -0.15) is 0 Å². The van der Waals surface area contributed by atoms with Crippen LogP contribution in [0.2, 0.25) is 13.1 Å². The van der Waals surface area contributed by atoms with E-state index in [0.29, 0.717) is 0 Å². The van der Waals surface area contributed by atoms with E-state index in [1.807, 2.05) is 0 Å². The summed E-state index contributed by atoms with van der Waals surface area (Å²) >= 11 is 0. The van der Waals surface area contributed by atoms with Crippen LogP contribution < -0.4 is 10.5 Å². The van der Waals surface area contributed by atoms with Crippen molar-refractivity contribution in [2.75, 3.05) is 0 Å². The summed E-state index contributed by atoms with van der Waals surface area (Å²) in [5.74, 6) is 0.775. The summed E-state index contributed by atoms with van der Waals surface area (Å²) in [6.45, 7) is 4.86. The van der Waals surface area contributed by atoms with Gasteiger partial charge in [0, 0.05) is 22.0 Å². The van der Waals surface area contributed by atoms with Crippen molar-refractivity contribution in [3.63, 3.8) is 0 Å². The fourth-order valence-electron chi connectivity index (χ4n) is 9.12. The molecule has 0 amide bonds. The molecule has 0 saturated heterocycles. The second-order valence-electron chi connectivity index (χ2n) is 15.3. The minimum atomic E-state index is -2.11. The van der Waals surface area contributed by atoms with Crippen molar-refractivity contribution >= 4 is 29.4 Å². The lowest BCUT2D eigenvalue weighted by molar-refractivity contribution is 1.21. The van der Waals surface area contributed by atoms with E-state index in [1.165, 1.54) is 82.5 Å². The predicted octanol–water partition coefficient (Wildman–Crippen LogP) is 12.4. The molecule has 2 heterocycles. The van der Waals surface area contributed by atoms with Crippen molar-refractivity contribution in [1.82, 2.24) is 9.97 Å². The van der Waals surface area contributed by atoms with Crippen LogP contribution >= 0.6 is 0 Å². The highest BCUT2D eigenvalue weighted by Crippen LogP contribution is 2.49. The quantitative estimate of drug-likeness (QED) is 0.166. The Morgan fingerprint density at radius 2 is 0.873 bits per heavy atom. The highest BCUT2D eigenvalue weighted by atomic mass is 28.3. The van der Waals surface area contributed by atoms with Gasteiger partial charge in [-0.3, -0.25) is 0 Å². The maximum Gasteiger partial charge on any atom is 0.159 e. The average Bonchev–Trinajstić information content (AvgIpc) is 3.70. The first kappa shape index (κ1) is 31.8. The highest BCUT2D eigenvalue weighted by molar-refractivity contribution is 7.03. The molecule has 1 aliphatic carbocycles. The molecule has 0 unspecified atom stereocenters. The van der Waals surface area contributed by atoms with Crippen LogP contribution in [0.3, 0.4) is 0 Å². The molecule has 1 aliphatic heterocycles. The first-order valence-corrected chi connectivity index (χ1v) is 22.1. The normalized spacial score (nSPS) is 13.1. The van der Waals surface area contributed by atoms with Gasteiger partial charge in [-0.15, -0.1) is 0 Å². The summed E-state index contributed by atoms with van der Waals surface area (Å²) in [5, 5.41) is 5.27. The number of hydrogen-bond donors (Lipinski definition) is 0. The Kier molecular flexibility index (Phi) is 7.04. The third-order valence-electron chi connectivity index (χ3n) is 11.8. The lowest BCUT2D eigenvalue weighted by Crippen LogP contribution is -2.50. The summed E-state index contributed by atoms with van der Waals surface area (Å²) < 4.78 is 0. The first-order valence-electron chi connectivity index (χ1n) is 19.1. The lowest BCUT2D eigenvalue weighted by atomic mass is 9.92. The van der Waals surface area contributed by atoms with Crippen molar-refractivity contribution in [2.24, 2.45) is 0 Å². The van der Waals surface area contributed by atoms with E-state index < -0.39 is 8.07 Å². The van der Waals surface area contributed by atoms with Crippen LogP contribution in [0.5, 0.6) is 0 Å². The number of benzene rings is 8. The highest BCUT2D eigenvalue weighted by Gasteiger charge is 2.41. The van der Waals surface area contributed by atoms with Gasteiger partial charge in [-0.05, 0) is 95.4 Å². The van der Waals surface area contributed by atoms with Gasteiger partial charge >= 0.3 is 0 Å². The van der Waals surface area contributed by atoms with E-state index >= 15 is 0 Å². The molecule has 55 heavy (non-hydrogen) atoms. The van der Waals surface area contributed by atoms with Crippen LogP contribution in [0.4, 0.5) is 0 Å². The first-order chi connectivity index (χ1) is 27.0. The predicted molar refractivity (Wildman–Crippen MR) is 233 cm³/mol. The number of rotatable bonds is 5. The van der Waals surface area contributed by atoms with Crippen molar-refractivity contribution in [3.8, 4) is 89.4 Å². The molecule has 11 rings (SSSR count). The van der Waals surface area contributed by atoms with Crippen LogP contribution in [0.15, 0.2) is 182 Å². The molecule has 0 radical (unpaired) electrons. The Balaban J connectivity index is 1.04. The molecule has 0 atom stereocenters. The van der Waals surface area contributed by atoms with Crippen LogP contribution in [0.25, 0.3) is 100 Å². The maximum atomic E-state index is 5.48. The zero-order chi connectivity index (χ0) is 36.7. The van der Waals surface area contributed by atoms with Crippen molar-refractivity contribution in [1.29, 1.82) is 0 Å². The topological polar surface area (TPSA) is 25.8 Å². The van der Waals surface area contributed by atoms with E-state index in [2.05, 4.69) is 195 Å². The molecule has 0 bridgehead atoms. The zero-order valence-corrected chi connectivity index (χ0v) is 31.7. The fourth-order valence-corrected chi connectivity index (χ4v) is 12.0. The lowest BCUT2D eigenvalue weighted by Gasteiger charge is -2.19. The Morgan fingerprint density at radius 3 is 1.64 bits per heavy atom. The van der Waals surface area contributed by atoms with Crippen LogP contribution in [0.1, 0.15) is 0 Å².